The van der Waals surface area contributed by atoms with E-state index >= 15 is 0 Å². The fourth-order valence-electron chi connectivity index (χ4n) is 2.56. The highest BCUT2D eigenvalue weighted by atomic mass is 32.1. The van der Waals surface area contributed by atoms with Gasteiger partial charge in [0.15, 0.2) is 0 Å². The molecule has 2 heterocycles. The summed E-state index contributed by atoms with van der Waals surface area (Å²) in [6.45, 7) is 3.53. The zero-order valence-electron chi connectivity index (χ0n) is 10.9. The SMILES string of the molecule is Cc1ccc(C2(c3nc(CO)cs3)CCOC2)cc1. The van der Waals surface area contributed by atoms with Crippen LogP contribution in [0.1, 0.15) is 28.2 Å². The van der Waals surface area contributed by atoms with Gasteiger partial charge in [-0.05, 0) is 18.9 Å². The monoisotopic (exact) mass is 275 g/mol. The van der Waals surface area contributed by atoms with E-state index in [1.54, 1.807) is 11.3 Å². The third-order valence-electron chi connectivity index (χ3n) is 3.75. The molecule has 3 nitrogen and oxygen atoms in total. The van der Waals surface area contributed by atoms with Gasteiger partial charge in [-0.25, -0.2) is 4.98 Å². The number of ether oxygens (including phenoxy) is 1. The number of benzene rings is 1. The Labute approximate surface area is 116 Å². The molecule has 100 valence electrons. The third kappa shape index (κ3) is 2.20. The Morgan fingerprint density at radius 2 is 2.16 bits per heavy atom. The van der Waals surface area contributed by atoms with Gasteiger partial charge >= 0.3 is 0 Å². The molecular weight excluding hydrogens is 258 g/mol. The number of aliphatic hydroxyl groups excluding tert-OH is 1. The first-order valence-electron chi connectivity index (χ1n) is 6.45. The predicted molar refractivity (Wildman–Crippen MR) is 75.4 cm³/mol. The van der Waals surface area contributed by atoms with Crippen LogP contribution in [0.4, 0.5) is 0 Å². The van der Waals surface area contributed by atoms with E-state index < -0.39 is 0 Å². The van der Waals surface area contributed by atoms with Crippen LogP contribution in [-0.2, 0) is 16.8 Å². The Hall–Kier alpha value is -1.23. The molecule has 1 aliphatic heterocycles. The number of hydrogen-bond acceptors (Lipinski definition) is 4. The van der Waals surface area contributed by atoms with Crippen molar-refractivity contribution in [2.45, 2.75) is 25.4 Å². The molecule has 1 aliphatic rings. The van der Waals surface area contributed by atoms with Crippen molar-refractivity contribution in [3.05, 3.63) is 51.5 Å². The van der Waals surface area contributed by atoms with Crippen LogP contribution in [0.3, 0.4) is 0 Å². The quantitative estimate of drug-likeness (QED) is 0.936. The van der Waals surface area contributed by atoms with Crippen LogP contribution in [0.15, 0.2) is 29.6 Å². The van der Waals surface area contributed by atoms with Crippen LogP contribution >= 0.6 is 11.3 Å². The van der Waals surface area contributed by atoms with Gasteiger partial charge in [-0.2, -0.15) is 0 Å². The lowest BCUT2D eigenvalue weighted by Crippen LogP contribution is -2.28. The van der Waals surface area contributed by atoms with Crippen molar-refractivity contribution in [3.8, 4) is 0 Å². The molecule has 1 fully saturated rings. The molecule has 3 rings (SSSR count). The summed E-state index contributed by atoms with van der Waals surface area (Å²) in [5.74, 6) is 0. The molecule has 0 amide bonds. The van der Waals surface area contributed by atoms with Gasteiger partial charge in [-0.3, -0.25) is 0 Å². The molecule has 0 radical (unpaired) electrons. The summed E-state index contributed by atoms with van der Waals surface area (Å²) < 4.78 is 5.65. The number of hydrogen-bond donors (Lipinski definition) is 1. The van der Waals surface area contributed by atoms with Gasteiger partial charge in [0.2, 0.25) is 0 Å². The summed E-state index contributed by atoms with van der Waals surface area (Å²) in [6.07, 6.45) is 0.953. The Morgan fingerprint density at radius 3 is 2.74 bits per heavy atom. The minimum atomic E-state index is -0.133. The Kier molecular flexibility index (Phi) is 3.39. The number of rotatable bonds is 3. The van der Waals surface area contributed by atoms with Crippen molar-refractivity contribution < 1.29 is 9.84 Å². The first-order chi connectivity index (χ1) is 9.24. The van der Waals surface area contributed by atoms with E-state index in [4.69, 9.17) is 4.74 Å². The van der Waals surface area contributed by atoms with E-state index in [9.17, 15) is 5.11 Å². The van der Waals surface area contributed by atoms with Crippen molar-refractivity contribution in [1.82, 2.24) is 4.98 Å². The van der Waals surface area contributed by atoms with Crippen LogP contribution in [0.2, 0.25) is 0 Å². The minimum Gasteiger partial charge on any atom is -0.390 e. The van der Waals surface area contributed by atoms with Crippen LogP contribution in [0.5, 0.6) is 0 Å². The fourth-order valence-corrected chi connectivity index (χ4v) is 3.61. The van der Waals surface area contributed by atoms with E-state index in [1.807, 2.05) is 5.38 Å². The largest absolute Gasteiger partial charge is 0.390 e. The van der Waals surface area contributed by atoms with E-state index in [2.05, 4.69) is 36.2 Å². The summed E-state index contributed by atoms with van der Waals surface area (Å²) in [4.78, 5) is 4.57. The fraction of sp³-hybridized carbons (Fsp3) is 0.400. The molecule has 2 aromatic rings. The summed E-state index contributed by atoms with van der Waals surface area (Å²) >= 11 is 1.62. The molecular formula is C15H17NO2S. The second-order valence-electron chi connectivity index (χ2n) is 5.05. The Balaban J connectivity index is 2.05. The number of thiazole rings is 1. The molecule has 1 N–H and O–H groups in total. The zero-order valence-corrected chi connectivity index (χ0v) is 11.7. The average Bonchev–Trinajstić information content (AvgIpc) is 3.09. The Bertz CT molecular complexity index is 556. The van der Waals surface area contributed by atoms with Gasteiger partial charge < -0.3 is 9.84 Å². The highest BCUT2D eigenvalue weighted by Crippen LogP contribution is 2.41. The van der Waals surface area contributed by atoms with Crippen molar-refractivity contribution in [1.29, 1.82) is 0 Å². The topological polar surface area (TPSA) is 42.4 Å². The van der Waals surface area contributed by atoms with Gasteiger partial charge in [0.25, 0.3) is 0 Å². The second-order valence-corrected chi connectivity index (χ2v) is 5.91. The lowest BCUT2D eigenvalue weighted by Gasteiger charge is -2.25. The maximum atomic E-state index is 9.20. The minimum absolute atomic E-state index is 0.00132. The van der Waals surface area contributed by atoms with E-state index in [1.165, 1.54) is 11.1 Å². The lowest BCUT2D eigenvalue weighted by atomic mass is 9.80. The first kappa shape index (κ1) is 12.8. The summed E-state index contributed by atoms with van der Waals surface area (Å²) in [6, 6.07) is 8.61. The molecule has 4 heteroatoms. The molecule has 1 unspecified atom stereocenters. The van der Waals surface area contributed by atoms with E-state index in [-0.39, 0.29) is 12.0 Å². The van der Waals surface area contributed by atoms with Crippen molar-refractivity contribution in [2.24, 2.45) is 0 Å². The molecule has 19 heavy (non-hydrogen) atoms. The van der Waals surface area contributed by atoms with Crippen molar-refractivity contribution in [2.75, 3.05) is 13.2 Å². The third-order valence-corrected chi connectivity index (χ3v) is 4.84. The van der Waals surface area contributed by atoms with Crippen LogP contribution in [-0.4, -0.2) is 23.3 Å². The first-order valence-corrected chi connectivity index (χ1v) is 7.33. The number of aromatic nitrogens is 1. The molecule has 0 aliphatic carbocycles. The highest BCUT2D eigenvalue weighted by molar-refractivity contribution is 7.09. The molecule has 0 spiro atoms. The zero-order chi connectivity index (χ0) is 13.3. The van der Waals surface area contributed by atoms with Gasteiger partial charge in [-0.15, -0.1) is 11.3 Å². The normalized spacial score (nSPS) is 22.8. The van der Waals surface area contributed by atoms with Gasteiger partial charge in [0.05, 0.1) is 24.3 Å². The van der Waals surface area contributed by atoms with E-state index in [0.29, 0.717) is 6.61 Å². The van der Waals surface area contributed by atoms with Gasteiger partial charge in [-0.1, -0.05) is 29.8 Å². The average molecular weight is 275 g/mol. The maximum Gasteiger partial charge on any atom is 0.106 e. The standard InChI is InChI=1S/C15H17NO2S/c1-11-2-4-12(5-3-11)15(6-7-18-10-15)14-16-13(8-17)9-19-14/h2-5,9,17H,6-8,10H2,1H3. The smallest absolute Gasteiger partial charge is 0.106 e. The number of aryl methyl sites for hydroxylation is 1. The van der Waals surface area contributed by atoms with Gasteiger partial charge in [0.1, 0.15) is 5.01 Å². The lowest BCUT2D eigenvalue weighted by molar-refractivity contribution is 0.184. The Morgan fingerprint density at radius 1 is 1.37 bits per heavy atom. The van der Waals surface area contributed by atoms with Crippen LogP contribution in [0, 0.1) is 6.92 Å². The molecule has 0 bridgehead atoms. The van der Waals surface area contributed by atoms with E-state index in [0.717, 1.165) is 23.7 Å². The summed E-state index contributed by atoms with van der Waals surface area (Å²) in [7, 11) is 0. The summed E-state index contributed by atoms with van der Waals surface area (Å²) in [5.41, 5.74) is 3.13. The summed E-state index contributed by atoms with van der Waals surface area (Å²) in [5, 5.41) is 12.2. The van der Waals surface area contributed by atoms with Crippen molar-refractivity contribution >= 4 is 11.3 Å². The molecule has 0 saturated carbocycles. The second kappa shape index (κ2) is 5.04. The molecule has 1 saturated heterocycles. The predicted octanol–water partition coefficient (Wildman–Crippen LogP) is 2.65. The van der Waals surface area contributed by atoms with Crippen molar-refractivity contribution in [3.63, 3.8) is 0 Å². The van der Waals surface area contributed by atoms with Crippen LogP contribution < -0.4 is 0 Å². The van der Waals surface area contributed by atoms with Crippen LogP contribution in [0.25, 0.3) is 0 Å². The highest BCUT2D eigenvalue weighted by Gasteiger charge is 2.41. The maximum absolute atomic E-state index is 9.20. The number of aliphatic hydroxyl groups is 1. The van der Waals surface area contributed by atoms with Gasteiger partial charge in [0, 0.05) is 12.0 Å². The molecule has 1 aromatic heterocycles. The number of nitrogens with zero attached hydrogens (tertiary/aromatic N) is 1. The molecule has 1 aromatic carbocycles. The molecule has 1 atom stereocenters.